The van der Waals surface area contributed by atoms with E-state index in [-0.39, 0.29) is 113 Å². The van der Waals surface area contributed by atoms with Crippen LogP contribution >= 0.6 is 49.6 Å². The minimum absolute atomic E-state index is 0. The molecule has 0 aliphatic carbocycles. The number of hydrogen-bond acceptors (Lipinski definition) is 10. The number of nitrogens with one attached hydrogen (secondary N) is 2. The van der Waals surface area contributed by atoms with Gasteiger partial charge in [0.05, 0.1) is 12.1 Å². The van der Waals surface area contributed by atoms with E-state index in [9.17, 15) is 29.7 Å². The Morgan fingerprint density at radius 1 is 0.867 bits per heavy atom. The number of aliphatic hydroxyl groups excluding tert-OH is 1. The topological polar surface area (TPSA) is 243 Å². The second kappa shape index (κ2) is 21.3. The number of benzene rings is 2. The Kier molecular flexibility index (Phi) is 21.0. The van der Waals surface area contributed by atoms with Gasteiger partial charge in [0.25, 0.3) is 0 Å². The van der Waals surface area contributed by atoms with Crippen LogP contribution in [0.2, 0.25) is 0 Å². The van der Waals surface area contributed by atoms with Crippen molar-refractivity contribution in [2.24, 2.45) is 22.9 Å². The third-order valence-corrected chi connectivity index (χ3v) is 7.05. The minimum Gasteiger partial charge on any atom is -0.508 e. The molecular formula is C28H45Cl4N7O6. The molecular weight excluding hydrogens is 672 g/mol. The Bertz CT molecular complexity index is 1250. The van der Waals surface area contributed by atoms with E-state index in [0.29, 0.717) is 28.7 Å². The van der Waals surface area contributed by atoms with Crippen LogP contribution in [0.15, 0.2) is 36.4 Å². The number of amides is 3. The monoisotopic (exact) mass is 715 g/mol. The molecule has 4 bridgehead atoms. The van der Waals surface area contributed by atoms with Crippen molar-refractivity contribution >= 4 is 67.3 Å². The third kappa shape index (κ3) is 12.3. The van der Waals surface area contributed by atoms with Crippen LogP contribution in [0.5, 0.6) is 11.5 Å². The van der Waals surface area contributed by atoms with E-state index in [4.69, 9.17) is 22.9 Å². The molecule has 1 aliphatic rings. The first kappa shape index (κ1) is 44.5. The van der Waals surface area contributed by atoms with Crippen molar-refractivity contribution in [2.75, 3.05) is 32.7 Å². The highest BCUT2D eigenvalue weighted by Crippen LogP contribution is 2.31. The van der Waals surface area contributed by atoms with Crippen molar-refractivity contribution < 1.29 is 29.7 Å². The fourth-order valence-electron chi connectivity index (χ4n) is 4.75. The maximum Gasteiger partial charge on any atom is 0.245 e. The predicted molar refractivity (Wildman–Crippen MR) is 182 cm³/mol. The number of rotatable bonds is 9. The lowest BCUT2D eigenvalue weighted by molar-refractivity contribution is -0.138. The summed E-state index contributed by atoms with van der Waals surface area (Å²) in [6.07, 6.45) is -0.532. The molecule has 3 amide bonds. The van der Waals surface area contributed by atoms with Gasteiger partial charge < -0.3 is 53.8 Å². The third-order valence-electron chi connectivity index (χ3n) is 7.05. The summed E-state index contributed by atoms with van der Waals surface area (Å²) in [5, 5.41) is 36.7. The molecule has 2 aromatic rings. The zero-order valence-electron chi connectivity index (χ0n) is 24.6. The Morgan fingerprint density at radius 2 is 1.42 bits per heavy atom. The summed E-state index contributed by atoms with van der Waals surface area (Å²) in [4.78, 5) is 41.7. The van der Waals surface area contributed by atoms with Gasteiger partial charge >= 0.3 is 0 Å². The molecule has 1 aliphatic heterocycles. The van der Waals surface area contributed by atoms with Gasteiger partial charge in [-0.3, -0.25) is 14.4 Å². The van der Waals surface area contributed by atoms with Gasteiger partial charge in [-0.2, -0.15) is 0 Å². The molecule has 0 aromatic heterocycles. The number of hydrogen-bond donors (Lipinski definition) is 9. The van der Waals surface area contributed by atoms with Gasteiger partial charge in [0.1, 0.15) is 23.6 Å². The van der Waals surface area contributed by atoms with Crippen molar-refractivity contribution in [2.45, 2.75) is 49.9 Å². The average molecular weight is 718 g/mol. The van der Waals surface area contributed by atoms with Gasteiger partial charge in [-0.05, 0) is 65.9 Å². The molecule has 45 heavy (non-hydrogen) atoms. The number of nitrogens with two attached hydrogens (primary N) is 4. The summed E-state index contributed by atoms with van der Waals surface area (Å²) in [7, 11) is 0. The quantitative estimate of drug-likeness (QED) is 0.164. The van der Waals surface area contributed by atoms with Crippen molar-refractivity contribution in [1.29, 1.82) is 0 Å². The average Bonchev–Trinajstić information content (AvgIpc) is 2.95. The fourth-order valence-corrected chi connectivity index (χ4v) is 4.75. The number of aliphatic hydroxyl groups is 1. The maximum absolute atomic E-state index is 13.8. The van der Waals surface area contributed by atoms with Crippen LogP contribution in [0.3, 0.4) is 0 Å². The van der Waals surface area contributed by atoms with E-state index in [0.717, 1.165) is 0 Å². The highest BCUT2D eigenvalue weighted by atomic mass is 35.5. The van der Waals surface area contributed by atoms with E-state index in [1.807, 2.05) is 0 Å². The molecule has 13 nitrogen and oxygen atoms in total. The summed E-state index contributed by atoms with van der Waals surface area (Å²) < 4.78 is 0. The lowest BCUT2D eigenvalue weighted by Crippen LogP contribution is -2.58. The zero-order chi connectivity index (χ0) is 30.1. The van der Waals surface area contributed by atoms with Crippen molar-refractivity contribution in [3.05, 3.63) is 47.5 Å². The number of phenolic OH excluding ortho intramolecular Hbond substituents is 2. The molecule has 13 N–H and O–H groups in total. The smallest absolute Gasteiger partial charge is 0.245 e. The summed E-state index contributed by atoms with van der Waals surface area (Å²) >= 11 is 0. The van der Waals surface area contributed by atoms with Crippen molar-refractivity contribution in [3.8, 4) is 22.6 Å². The number of phenols is 2. The first-order chi connectivity index (χ1) is 19.6. The molecule has 256 valence electrons. The van der Waals surface area contributed by atoms with Crippen LogP contribution in [-0.4, -0.2) is 94.9 Å². The SMILES string of the molecule is Cl.Cl.Cl.Cl.NCCC[C@H]1NC(=O)[C@H](N)Cc2cc(ccc2O)-c2ccc(O)c(c2)C[C@@H](C(=O)N(CCN)CC(O)CN)NC1=O. The molecule has 0 saturated heterocycles. The van der Waals surface area contributed by atoms with E-state index < -0.39 is 42.0 Å². The van der Waals surface area contributed by atoms with Gasteiger partial charge in [0, 0.05) is 39.0 Å². The maximum atomic E-state index is 13.8. The normalized spacial score (nSPS) is 18.5. The molecule has 0 spiro atoms. The highest BCUT2D eigenvalue weighted by molar-refractivity contribution is 5.93. The standard InChI is InChI=1S/C28H41N7O6.4ClH/c29-7-1-2-22-27(40)34-23(28(41)35(9-8-30)15-20(36)14-31)13-19-11-17(4-6-25(19)38)16-3-5-24(37)18(10-16)12-21(32)26(39)33-22;;;;/h3-6,10-11,20-23,36-38H,1-2,7-9,12-15,29-32H2,(H,33,39)(H,34,40);4*1H/t20?,21-,22-,23+;;;;/m1..../s1. The molecule has 1 heterocycles. The number of carbonyl (C=O) groups is 3. The zero-order valence-corrected chi connectivity index (χ0v) is 27.9. The lowest BCUT2D eigenvalue weighted by Gasteiger charge is -2.30. The first-order valence-corrected chi connectivity index (χ1v) is 13.6. The van der Waals surface area contributed by atoms with Crippen LogP contribution in [0.4, 0.5) is 0 Å². The van der Waals surface area contributed by atoms with Gasteiger partial charge in [0.15, 0.2) is 0 Å². The molecule has 0 fully saturated rings. The number of fused-ring (bicyclic) bond motifs is 5. The Hall–Kier alpha value is -2.59. The molecule has 1 unspecified atom stereocenters. The van der Waals surface area contributed by atoms with Gasteiger partial charge in [-0.15, -0.1) is 49.6 Å². The van der Waals surface area contributed by atoms with Crippen LogP contribution in [-0.2, 0) is 27.2 Å². The Labute approximate surface area is 287 Å². The van der Waals surface area contributed by atoms with E-state index in [1.165, 1.54) is 17.0 Å². The van der Waals surface area contributed by atoms with Crippen LogP contribution in [0, 0.1) is 0 Å². The second-order valence-corrected chi connectivity index (χ2v) is 10.2. The van der Waals surface area contributed by atoms with Gasteiger partial charge in [-0.1, -0.05) is 12.1 Å². The number of aromatic hydroxyl groups is 2. The molecule has 2 aromatic carbocycles. The predicted octanol–water partition coefficient (Wildman–Crippen LogP) is -0.307. The second-order valence-electron chi connectivity index (χ2n) is 10.2. The largest absolute Gasteiger partial charge is 0.508 e. The van der Waals surface area contributed by atoms with E-state index in [2.05, 4.69) is 10.6 Å². The van der Waals surface area contributed by atoms with Crippen molar-refractivity contribution in [3.63, 3.8) is 0 Å². The summed E-state index contributed by atoms with van der Waals surface area (Å²) in [6.45, 7) is 0.254. The molecule has 4 atom stereocenters. The first-order valence-electron chi connectivity index (χ1n) is 13.6. The summed E-state index contributed by atoms with van der Waals surface area (Å²) in [6, 6.07) is 6.40. The van der Waals surface area contributed by atoms with Crippen LogP contribution < -0.4 is 33.6 Å². The highest BCUT2D eigenvalue weighted by Gasteiger charge is 2.32. The van der Waals surface area contributed by atoms with Crippen LogP contribution in [0.1, 0.15) is 24.0 Å². The molecule has 0 radical (unpaired) electrons. The fraction of sp³-hybridized carbons (Fsp3) is 0.464. The Morgan fingerprint density at radius 3 is 1.93 bits per heavy atom. The van der Waals surface area contributed by atoms with Crippen LogP contribution in [0.25, 0.3) is 11.1 Å². The number of carbonyl (C=O) groups excluding carboxylic acids is 3. The van der Waals surface area contributed by atoms with Gasteiger partial charge in [0.2, 0.25) is 17.7 Å². The summed E-state index contributed by atoms with van der Waals surface area (Å²) in [5.41, 5.74) is 25.3. The van der Waals surface area contributed by atoms with Gasteiger partial charge in [-0.25, -0.2) is 0 Å². The molecule has 0 saturated carbocycles. The number of nitrogens with zero attached hydrogens (tertiary/aromatic N) is 1. The molecule has 17 heteroatoms. The number of halogens is 4. The molecule has 3 rings (SSSR count). The van der Waals surface area contributed by atoms with Crippen molar-refractivity contribution in [1.82, 2.24) is 15.5 Å². The van der Waals surface area contributed by atoms with E-state index >= 15 is 0 Å². The minimum atomic E-state index is -1.19. The summed E-state index contributed by atoms with van der Waals surface area (Å²) in [5.74, 6) is -1.93. The Balaban J connectivity index is 0. The van der Waals surface area contributed by atoms with E-state index in [1.54, 1.807) is 24.3 Å². The lowest BCUT2D eigenvalue weighted by atomic mass is 9.95.